The van der Waals surface area contributed by atoms with Crippen LogP contribution in [0.25, 0.3) is 0 Å². The number of carbonyl (C=O) groups excluding carboxylic acids is 2. The lowest BCUT2D eigenvalue weighted by Gasteiger charge is -2.27. The van der Waals surface area contributed by atoms with Gasteiger partial charge in [0.25, 0.3) is 5.91 Å². The van der Waals surface area contributed by atoms with Crippen LogP contribution in [0.15, 0.2) is 24.3 Å². The average Bonchev–Trinajstić information content (AvgIpc) is 2.44. The van der Waals surface area contributed by atoms with Crippen molar-refractivity contribution < 1.29 is 22.7 Å². The number of hydrogen-bond acceptors (Lipinski definition) is 5. The minimum atomic E-state index is -3.34. The molecule has 2 amide bonds. The fraction of sp³-hybridized carbons (Fsp3) is 0.429. The molecule has 120 valence electrons. The van der Waals surface area contributed by atoms with Gasteiger partial charge in [0.2, 0.25) is 5.91 Å². The molecule has 0 bridgehead atoms. The van der Waals surface area contributed by atoms with Crippen molar-refractivity contribution in [1.82, 2.24) is 0 Å². The molecular weight excluding hydrogens is 308 g/mol. The Kier molecular flexibility index (Phi) is 4.82. The first-order valence-corrected chi connectivity index (χ1v) is 8.79. The van der Waals surface area contributed by atoms with Gasteiger partial charge in [0.1, 0.15) is 16.4 Å². The number of carbonyl (C=O) groups is 2. The molecule has 1 heterocycles. The van der Waals surface area contributed by atoms with Crippen molar-refractivity contribution in [3.05, 3.63) is 29.8 Å². The predicted octanol–water partition coefficient (Wildman–Crippen LogP) is -0.337. The van der Waals surface area contributed by atoms with Gasteiger partial charge in [0, 0.05) is 18.5 Å². The molecule has 1 aliphatic rings. The van der Waals surface area contributed by atoms with E-state index < -0.39 is 21.7 Å². The Balaban J connectivity index is 2.22. The van der Waals surface area contributed by atoms with Crippen LogP contribution < -0.4 is 10.6 Å². The molecule has 1 aromatic rings. The first kappa shape index (κ1) is 16.4. The van der Waals surface area contributed by atoms with Crippen molar-refractivity contribution in [3.8, 4) is 0 Å². The second-order valence-electron chi connectivity index (χ2n) is 5.24. The molecule has 0 aromatic heterocycles. The molecule has 0 aliphatic carbocycles. The summed E-state index contributed by atoms with van der Waals surface area (Å²) in [5, 5.41) is 0. The van der Waals surface area contributed by atoms with Crippen molar-refractivity contribution in [1.29, 1.82) is 0 Å². The number of primary amides is 1. The number of amides is 2. The van der Waals surface area contributed by atoms with Crippen LogP contribution >= 0.6 is 0 Å². The summed E-state index contributed by atoms with van der Waals surface area (Å²) in [5.74, 6) is -2.07. The number of rotatable bonds is 5. The molecule has 1 saturated heterocycles. The molecular formula is C14H18N2O5S. The SMILES string of the molecule is CS(=O)(=O)CC(C(N)=O)c1ccc(N2CCOCC2=O)cc1. The van der Waals surface area contributed by atoms with E-state index in [1.165, 1.54) is 0 Å². The largest absolute Gasteiger partial charge is 0.370 e. The minimum Gasteiger partial charge on any atom is -0.370 e. The highest BCUT2D eigenvalue weighted by Gasteiger charge is 2.24. The number of nitrogens with zero attached hydrogens (tertiary/aromatic N) is 1. The first-order chi connectivity index (χ1) is 10.3. The number of ether oxygens (including phenoxy) is 1. The molecule has 1 atom stereocenters. The van der Waals surface area contributed by atoms with E-state index in [1.54, 1.807) is 29.2 Å². The van der Waals surface area contributed by atoms with Gasteiger partial charge >= 0.3 is 0 Å². The Bertz CT molecular complexity index is 669. The van der Waals surface area contributed by atoms with Crippen molar-refractivity contribution in [2.45, 2.75) is 5.92 Å². The van der Waals surface area contributed by atoms with Gasteiger partial charge in [-0.2, -0.15) is 0 Å². The monoisotopic (exact) mass is 326 g/mol. The number of morpholine rings is 1. The maximum absolute atomic E-state index is 11.8. The Hall–Kier alpha value is -1.93. The molecule has 0 spiro atoms. The summed E-state index contributed by atoms with van der Waals surface area (Å²) < 4.78 is 27.9. The fourth-order valence-electron chi connectivity index (χ4n) is 2.32. The molecule has 22 heavy (non-hydrogen) atoms. The summed E-state index contributed by atoms with van der Waals surface area (Å²) in [5.41, 5.74) is 6.49. The molecule has 7 nitrogen and oxygen atoms in total. The maximum atomic E-state index is 11.8. The molecule has 0 radical (unpaired) electrons. The lowest BCUT2D eigenvalue weighted by Crippen LogP contribution is -2.41. The van der Waals surface area contributed by atoms with Gasteiger partial charge in [-0.15, -0.1) is 0 Å². The summed E-state index contributed by atoms with van der Waals surface area (Å²) in [6.45, 7) is 0.964. The first-order valence-electron chi connectivity index (χ1n) is 6.73. The Morgan fingerprint density at radius 1 is 1.36 bits per heavy atom. The minimum absolute atomic E-state index is 0.0414. The van der Waals surface area contributed by atoms with Crippen LogP contribution in [-0.2, 0) is 24.2 Å². The highest BCUT2D eigenvalue weighted by atomic mass is 32.2. The predicted molar refractivity (Wildman–Crippen MR) is 81.3 cm³/mol. The summed E-state index contributed by atoms with van der Waals surface area (Å²) in [6.07, 6.45) is 1.06. The molecule has 2 rings (SSSR count). The Morgan fingerprint density at radius 2 is 2.00 bits per heavy atom. The molecule has 8 heteroatoms. The van der Waals surface area contributed by atoms with E-state index in [2.05, 4.69) is 0 Å². The third kappa shape index (κ3) is 4.05. The van der Waals surface area contributed by atoms with Gasteiger partial charge in [0.15, 0.2) is 0 Å². The summed E-state index contributed by atoms with van der Waals surface area (Å²) in [4.78, 5) is 24.8. The van der Waals surface area contributed by atoms with E-state index in [0.717, 1.165) is 6.26 Å². The van der Waals surface area contributed by atoms with Crippen LogP contribution in [-0.4, -0.2) is 52.0 Å². The van der Waals surface area contributed by atoms with Crippen LogP contribution in [0.3, 0.4) is 0 Å². The summed E-state index contributed by atoms with van der Waals surface area (Å²) in [6, 6.07) is 6.60. The number of anilines is 1. The fourth-order valence-corrected chi connectivity index (χ4v) is 3.29. The normalized spacial score (nSPS) is 17.3. The average molecular weight is 326 g/mol. The topological polar surface area (TPSA) is 107 Å². The van der Waals surface area contributed by atoms with Gasteiger partial charge in [0.05, 0.1) is 18.3 Å². The van der Waals surface area contributed by atoms with Crippen molar-refractivity contribution in [2.75, 3.05) is 36.7 Å². The van der Waals surface area contributed by atoms with Crippen LogP contribution in [0.2, 0.25) is 0 Å². The number of benzene rings is 1. The van der Waals surface area contributed by atoms with Crippen molar-refractivity contribution in [2.24, 2.45) is 5.73 Å². The van der Waals surface area contributed by atoms with Crippen LogP contribution in [0.1, 0.15) is 11.5 Å². The number of nitrogens with two attached hydrogens (primary N) is 1. The lowest BCUT2D eigenvalue weighted by atomic mass is 10.00. The van der Waals surface area contributed by atoms with Gasteiger partial charge in [-0.25, -0.2) is 8.42 Å². The van der Waals surface area contributed by atoms with Crippen LogP contribution in [0, 0.1) is 0 Å². The zero-order valence-corrected chi connectivity index (χ0v) is 13.0. The zero-order valence-electron chi connectivity index (χ0n) is 12.2. The second-order valence-corrected chi connectivity index (χ2v) is 7.42. The molecule has 2 N–H and O–H groups in total. The molecule has 0 saturated carbocycles. The van der Waals surface area contributed by atoms with E-state index in [-0.39, 0.29) is 18.3 Å². The van der Waals surface area contributed by atoms with Crippen LogP contribution in [0.4, 0.5) is 5.69 Å². The Labute approximate surface area is 129 Å². The van der Waals surface area contributed by atoms with Gasteiger partial charge < -0.3 is 15.4 Å². The van der Waals surface area contributed by atoms with Gasteiger partial charge in [-0.3, -0.25) is 9.59 Å². The van der Waals surface area contributed by atoms with E-state index in [4.69, 9.17) is 10.5 Å². The maximum Gasteiger partial charge on any atom is 0.253 e. The third-order valence-corrected chi connectivity index (χ3v) is 4.34. The van der Waals surface area contributed by atoms with E-state index in [1.807, 2.05) is 0 Å². The summed E-state index contributed by atoms with van der Waals surface area (Å²) in [7, 11) is -3.34. The molecule has 1 unspecified atom stereocenters. The van der Waals surface area contributed by atoms with E-state index >= 15 is 0 Å². The van der Waals surface area contributed by atoms with E-state index in [9.17, 15) is 18.0 Å². The zero-order chi connectivity index (χ0) is 16.3. The van der Waals surface area contributed by atoms with Crippen LogP contribution in [0.5, 0.6) is 0 Å². The number of hydrogen-bond donors (Lipinski definition) is 1. The van der Waals surface area contributed by atoms with Crippen molar-refractivity contribution in [3.63, 3.8) is 0 Å². The Morgan fingerprint density at radius 3 is 2.50 bits per heavy atom. The molecule has 1 aromatic carbocycles. The lowest BCUT2D eigenvalue weighted by molar-refractivity contribution is -0.125. The molecule has 1 aliphatic heterocycles. The molecule has 1 fully saturated rings. The quantitative estimate of drug-likeness (QED) is 0.797. The smallest absolute Gasteiger partial charge is 0.253 e. The van der Waals surface area contributed by atoms with Gasteiger partial charge in [-0.05, 0) is 17.7 Å². The second kappa shape index (κ2) is 6.45. The third-order valence-electron chi connectivity index (χ3n) is 3.41. The highest BCUT2D eigenvalue weighted by Crippen LogP contribution is 2.23. The standard InChI is InChI=1S/C14H18N2O5S/c1-22(19,20)9-12(14(15)18)10-2-4-11(5-3-10)16-6-7-21-8-13(16)17/h2-5,12H,6-9H2,1H3,(H2,15,18). The van der Waals surface area contributed by atoms with Crippen molar-refractivity contribution >= 4 is 27.3 Å². The number of sulfone groups is 1. The van der Waals surface area contributed by atoms with E-state index in [0.29, 0.717) is 24.4 Å². The van der Waals surface area contributed by atoms with Gasteiger partial charge in [-0.1, -0.05) is 12.1 Å². The summed E-state index contributed by atoms with van der Waals surface area (Å²) >= 11 is 0. The highest BCUT2D eigenvalue weighted by molar-refractivity contribution is 7.90.